The fraction of sp³-hybridized carbons (Fsp3) is 0.267. The summed E-state index contributed by atoms with van der Waals surface area (Å²) in [5.41, 5.74) is 6.69. The quantitative estimate of drug-likeness (QED) is 0.654. The number of nitrogen functional groups attached to an aromatic ring is 1. The first kappa shape index (κ1) is 17.4. The van der Waals surface area contributed by atoms with Crippen LogP contribution in [-0.2, 0) is 0 Å². The van der Waals surface area contributed by atoms with E-state index < -0.39 is 0 Å². The molecule has 1 unspecified atom stereocenters. The molecule has 3 rings (SSSR count). The van der Waals surface area contributed by atoms with Gasteiger partial charge in [0.05, 0.1) is 5.25 Å². The van der Waals surface area contributed by atoms with E-state index in [9.17, 15) is 0 Å². The van der Waals surface area contributed by atoms with Crippen molar-refractivity contribution < 1.29 is 0 Å². The van der Waals surface area contributed by atoms with Crippen molar-refractivity contribution in [3.63, 3.8) is 0 Å². The molecule has 25 heavy (non-hydrogen) atoms. The largest absolute Gasteiger partial charge is 0.368 e. The van der Waals surface area contributed by atoms with Gasteiger partial charge in [0.15, 0.2) is 5.82 Å². The van der Waals surface area contributed by atoms with Gasteiger partial charge in [0.1, 0.15) is 5.82 Å². The monoisotopic (exact) mass is 376 g/mol. The molecule has 10 heteroatoms. The van der Waals surface area contributed by atoms with Crippen molar-refractivity contribution >= 4 is 35.3 Å². The fourth-order valence-corrected chi connectivity index (χ4v) is 2.92. The van der Waals surface area contributed by atoms with Crippen LogP contribution in [0.2, 0.25) is 5.02 Å². The van der Waals surface area contributed by atoms with Gasteiger partial charge in [-0.1, -0.05) is 23.4 Å². The average Bonchev–Trinajstić information content (AvgIpc) is 3.03. The van der Waals surface area contributed by atoms with Crippen LogP contribution in [0.3, 0.4) is 0 Å². The van der Waals surface area contributed by atoms with Gasteiger partial charge in [-0.15, -0.1) is 5.10 Å². The van der Waals surface area contributed by atoms with Gasteiger partial charge in [0, 0.05) is 24.7 Å². The van der Waals surface area contributed by atoms with E-state index in [0.717, 1.165) is 5.56 Å². The molecule has 0 amide bonds. The second-order valence-corrected chi connectivity index (χ2v) is 7.22. The number of hydrogen-bond acceptors (Lipinski definition) is 8. The van der Waals surface area contributed by atoms with Crippen molar-refractivity contribution in [2.45, 2.75) is 17.3 Å². The van der Waals surface area contributed by atoms with E-state index in [4.69, 9.17) is 17.3 Å². The third kappa shape index (κ3) is 4.18. The van der Waals surface area contributed by atoms with Gasteiger partial charge in [-0.3, -0.25) is 5.10 Å². The molecule has 0 spiro atoms. The molecule has 2 heterocycles. The van der Waals surface area contributed by atoms with Gasteiger partial charge in [-0.05, 0) is 31.2 Å². The number of hydrogen-bond donors (Lipinski definition) is 2. The first-order valence-corrected chi connectivity index (χ1v) is 8.72. The SMILES string of the molecule is CC(Sc1n[nH]c(-c2ccc(Cl)cc2)n1)c1nc(N)nc(N(C)C)n1. The molecule has 130 valence electrons. The van der Waals surface area contributed by atoms with Crippen molar-refractivity contribution in [1.82, 2.24) is 30.1 Å². The molecule has 0 aliphatic heterocycles. The predicted molar refractivity (Wildman–Crippen MR) is 99.7 cm³/mol. The number of benzene rings is 1. The van der Waals surface area contributed by atoms with Gasteiger partial charge in [-0.25, -0.2) is 4.98 Å². The van der Waals surface area contributed by atoms with E-state index in [1.54, 1.807) is 4.90 Å². The highest BCUT2D eigenvalue weighted by Crippen LogP contribution is 2.32. The standard InChI is InChI=1S/C15H17ClN8S/c1-8(11-18-13(17)21-14(19-11)24(2)3)25-15-20-12(22-23-15)9-4-6-10(16)7-5-9/h4-8H,1-3H3,(H,20,22,23)(H2,17,18,19,21). The van der Waals surface area contributed by atoms with Crippen LogP contribution in [0.15, 0.2) is 29.4 Å². The van der Waals surface area contributed by atoms with E-state index >= 15 is 0 Å². The van der Waals surface area contributed by atoms with Gasteiger partial charge in [-0.2, -0.15) is 15.0 Å². The molecule has 0 aliphatic rings. The van der Waals surface area contributed by atoms with Crippen LogP contribution >= 0.6 is 23.4 Å². The summed E-state index contributed by atoms with van der Waals surface area (Å²) in [5.74, 6) is 1.97. The van der Waals surface area contributed by atoms with Crippen LogP contribution in [0.25, 0.3) is 11.4 Å². The Bertz CT molecular complexity index is 864. The molecule has 0 saturated carbocycles. The minimum absolute atomic E-state index is 0.0853. The molecule has 2 aromatic heterocycles. The Morgan fingerprint density at radius 3 is 2.52 bits per heavy atom. The lowest BCUT2D eigenvalue weighted by Gasteiger charge is -2.13. The Morgan fingerprint density at radius 1 is 1.12 bits per heavy atom. The summed E-state index contributed by atoms with van der Waals surface area (Å²) in [4.78, 5) is 19.0. The zero-order valence-electron chi connectivity index (χ0n) is 13.9. The molecular weight excluding hydrogens is 360 g/mol. The van der Waals surface area contributed by atoms with Crippen LogP contribution in [0, 0.1) is 0 Å². The zero-order valence-corrected chi connectivity index (χ0v) is 15.5. The lowest BCUT2D eigenvalue weighted by atomic mass is 10.2. The van der Waals surface area contributed by atoms with Crippen LogP contribution in [0.1, 0.15) is 18.0 Å². The van der Waals surface area contributed by atoms with E-state index in [1.165, 1.54) is 11.8 Å². The normalized spacial score (nSPS) is 12.2. The van der Waals surface area contributed by atoms with Crippen molar-refractivity contribution in [2.75, 3.05) is 24.7 Å². The maximum Gasteiger partial charge on any atom is 0.229 e. The summed E-state index contributed by atoms with van der Waals surface area (Å²) < 4.78 is 0. The number of H-pyrrole nitrogens is 1. The molecule has 1 atom stereocenters. The van der Waals surface area contributed by atoms with E-state index in [1.807, 2.05) is 45.3 Å². The molecule has 8 nitrogen and oxygen atoms in total. The van der Waals surface area contributed by atoms with Crippen LogP contribution < -0.4 is 10.6 Å². The minimum atomic E-state index is -0.0853. The Kier molecular flexibility index (Phi) is 5.05. The third-order valence-corrected chi connectivity index (χ3v) is 4.50. The van der Waals surface area contributed by atoms with Gasteiger partial charge in [0.25, 0.3) is 0 Å². The Balaban J connectivity index is 1.77. The van der Waals surface area contributed by atoms with E-state index in [-0.39, 0.29) is 11.2 Å². The molecule has 0 bridgehead atoms. The van der Waals surface area contributed by atoms with Crippen LogP contribution in [0.4, 0.5) is 11.9 Å². The molecule has 3 N–H and O–H groups in total. The third-order valence-electron chi connectivity index (χ3n) is 3.29. The highest BCUT2D eigenvalue weighted by Gasteiger charge is 2.17. The van der Waals surface area contributed by atoms with Crippen LogP contribution in [-0.4, -0.2) is 44.2 Å². The number of nitrogens with one attached hydrogen (secondary N) is 1. The average molecular weight is 377 g/mol. The number of nitrogens with two attached hydrogens (primary N) is 1. The van der Waals surface area contributed by atoms with Crippen molar-refractivity contribution in [3.8, 4) is 11.4 Å². The second kappa shape index (κ2) is 7.24. The van der Waals surface area contributed by atoms with Gasteiger partial charge in [0.2, 0.25) is 17.1 Å². The van der Waals surface area contributed by atoms with Crippen molar-refractivity contribution in [1.29, 1.82) is 0 Å². The number of aromatic nitrogens is 6. The van der Waals surface area contributed by atoms with Gasteiger partial charge < -0.3 is 10.6 Å². The number of rotatable bonds is 5. The Hall–Kier alpha value is -2.39. The number of nitrogens with zero attached hydrogens (tertiary/aromatic N) is 6. The van der Waals surface area contributed by atoms with E-state index in [0.29, 0.717) is 27.8 Å². The Labute approximate surface area is 154 Å². The number of thioether (sulfide) groups is 1. The summed E-state index contributed by atoms with van der Waals surface area (Å²) in [7, 11) is 3.70. The molecule has 0 aliphatic carbocycles. The lowest BCUT2D eigenvalue weighted by Crippen LogP contribution is -2.16. The van der Waals surface area contributed by atoms with Crippen molar-refractivity contribution in [3.05, 3.63) is 35.1 Å². The summed E-state index contributed by atoms with van der Waals surface area (Å²) in [6.45, 7) is 1.97. The second-order valence-electron chi connectivity index (χ2n) is 5.48. The lowest BCUT2D eigenvalue weighted by molar-refractivity contribution is 0.858. The molecule has 0 saturated heterocycles. The van der Waals surface area contributed by atoms with Crippen LogP contribution in [0.5, 0.6) is 0 Å². The summed E-state index contributed by atoms with van der Waals surface area (Å²) in [6.07, 6.45) is 0. The predicted octanol–water partition coefficient (Wildman–Crippen LogP) is 2.81. The molecule has 3 aromatic rings. The van der Waals surface area contributed by atoms with Gasteiger partial charge >= 0.3 is 0 Å². The number of aromatic amines is 1. The molecule has 1 aromatic carbocycles. The zero-order chi connectivity index (χ0) is 18.0. The number of halogens is 1. The topological polar surface area (TPSA) is 110 Å². The fourth-order valence-electron chi connectivity index (χ4n) is 2.03. The first-order chi connectivity index (χ1) is 11.9. The molecule has 0 fully saturated rings. The maximum atomic E-state index is 5.91. The minimum Gasteiger partial charge on any atom is -0.368 e. The van der Waals surface area contributed by atoms with E-state index in [2.05, 4.69) is 30.1 Å². The summed E-state index contributed by atoms with van der Waals surface area (Å²) in [6, 6.07) is 7.39. The molecule has 0 radical (unpaired) electrons. The summed E-state index contributed by atoms with van der Waals surface area (Å²) >= 11 is 7.34. The Morgan fingerprint density at radius 2 is 1.84 bits per heavy atom. The summed E-state index contributed by atoms with van der Waals surface area (Å²) in [5, 5.41) is 8.36. The highest BCUT2D eigenvalue weighted by atomic mass is 35.5. The molecular formula is C15H17ClN8S. The first-order valence-electron chi connectivity index (χ1n) is 7.46. The number of anilines is 2. The van der Waals surface area contributed by atoms with Crippen molar-refractivity contribution in [2.24, 2.45) is 0 Å². The smallest absolute Gasteiger partial charge is 0.229 e. The maximum absolute atomic E-state index is 5.91. The highest BCUT2D eigenvalue weighted by molar-refractivity contribution is 7.99.